The molecule has 252 valence electrons. The molecule has 5 aromatic rings. The lowest BCUT2D eigenvalue weighted by atomic mass is 10.1. The van der Waals surface area contributed by atoms with Gasteiger partial charge in [-0.3, -0.25) is 15.0 Å². The molecule has 0 saturated heterocycles. The number of pyridine rings is 3. The smallest absolute Gasteiger partial charge is 0.320 e. The van der Waals surface area contributed by atoms with Crippen LogP contribution < -0.4 is 26.5 Å². The fourth-order valence-electron chi connectivity index (χ4n) is 4.28. The zero-order valence-electron chi connectivity index (χ0n) is 30.0. The zero-order valence-corrected chi connectivity index (χ0v) is 35.9. The molecule has 0 aliphatic heterocycles. The average molecular weight is 923 g/mol. The second kappa shape index (κ2) is 24.0. The van der Waals surface area contributed by atoms with Crippen molar-refractivity contribution in [1.82, 2.24) is 20.3 Å². The van der Waals surface area contributed by atoms with Gasteiger partial charge in [-0.15, -0.1) is 0 Å². The van der Waals surface area contributed by atoms with Crippen molar-refractivity contribution in [2.45, 2.75) is 75.7 Å². The number of aryl methyl sites for hydroxylation is 9. The van der Waals surface area contributed by atoms with E-state index in [0.29, 0.717) is 0 Å². The number of nitrogens with one attached hydrogen (secondary N) is 1. The molecule has 0 radical (unpaired) electrons. The van der Waals surface area contributed by atoms with E-state index in [2.05, 4.69) is 150 Å². The summed E-state index contributed by atoms with van der Waals surface area (Å²) in [5, 5.41) is 3.02. The first-order valence-electron chi connectivity index (χ1n) is 15.7. The van der Waals surface area contributed by atoms with Gasteiger partial charge in [0.25, 0.3) is 0 Å². The maximum atomic E-state index is 4.38. The third-order valence-corrected chi connectivity index (χ3v) is 10.9. The predicted octanol–water partition coefficient (Wildman–Crippen LogP) is 7.82. The van der Waals surface area contributed by atoms with Gasteiger partial charge < -0.3 is 5.32 Å². The molecule has 4 nitrogen and oxygen atoms in total. The summed E-state index contributed by atoms with van der Waals surface area (Å²) in [6.07, 6.45) is 6.91. The first-order chi connectivity index (χ1) is 22.2. The summed E-state index contributed by atoms with van der Waals surface area (Å²) in [6, 6.07) is 23.4. The summed E-state index contributed by atoms with van der Waals surface area (Å²) in [6.45, 7) is 22.2. The molecule has 0 fully saturated rings. The number of rotatable bonds is 4. The third kappa shape index (κ3) is 20.0. The van der Waals surface area contributed by atoms with Crippen LogP contribution in [0.3, 0.4) is 0 Å². The Morgan fingerprint density at radius 3 is 1.38 bits per heavy atom. The Balaban J connectivity index is 0.000000315. The lowest BCUT2D eigenvalue weighted by Crippen LogP contribution is -3.62. The van der Waals surface area contributed by atoms with Crippen molar-refractivity contribution in [3.8, 4) is 0 Å². The molecule has 0 saturated carbocycles. The number of nitrogens with zero attached hydrogens (tertiary/aromatic N) is 3. The highest BCUT2D eigenvalue weighted by Gasteiger charge is 2.21. The van der Waals surface area contributed by atoms with Crippen molar-refractivity contribution in [1.29, 1.82) is 0 Å². The molecule has 0 aliphatic carbocycles. The van der Waals surface area contributed by atoms with Crippen LogP contribution in [0.25, 0.3) is 0 Å². The van der Waals surface area contributed by atoms with Crippen LogP contribution in [0, 0.1) is 73.0 Å². The molecular formula is C40H52BrI2N4+. The molecule has 0 amide bonds. The van der Waals surface area contributed by atoms with Gasteiger partial charge in [0.2, 0.25) is 3.57 Å². The first-order valence-corrected chi connectivity index (χ1v) is 19.8. The largest absolute Gasteiger partial charge is 0.360 e. The molecule has 47 heavy (non-hydrogen) atoms. The summed E-state index contributed by atoms with van der Waals surface area (Å²) in [5.74, 6) is 0. The maximum Gasteiger partial charge on any atom is 0.360 e. The summed E-state index contributed by atoms with van der Waals surface area (Å²) < 4.78 is 5.15. The van der Waals surface area contributed by atoms with Gasteiger partial charge in [-0.05, 0) is 157 Å². The predicted molar refractivity (Wildman–Crippen MR) is 210 cm³/mol. The lowest BCUT2D eigenvalue weighted by molar-refractivity contribution is -0.599. The number of hydrogen-bond acceptors (Lipinski definition) is 4. The van der Waals surface area contributed by atoms with Gasteiger partial charge >= 0.3 is 21.2 Å². The lowest BCUT2D eigenvalue weighted by Gasteiger charge is -2.00. The maximum absolute atomic E-state index is 4.38. The van der Waals surface area contributed by atoms with Crippen LogP contribution >= 0.6 is 38.5 Å². The fourth-order valence-corrected chi connectivity index (χ4v) is 7.25. The average Bonchev–Trinajstić information content (AvgIpc) is 3.00. The van der Waals surface area contributed by atoms with Crippen LogP contribution in [0.1, 0.15) is 63.8 Å². The Morgan fingerprint density at radius 2 is 1.06 bits per heavy atom. The molecule has 5 rings (SSSR count). The molecule has 7 heteroatoms. The van der Waals surface area contributed by atoms with Gasteiger partial charge in [-0.25, -0.2) is 0 Å². The Kier molecular flexibility index (Phi) is 21.9. The van der Waals surface area contributed by atoms with E-state index in [0.717, 1.165) is 28.1 Å². The van der Waals surface area contributed by atoms with Gasteiger partial charge in [0.15, 0.2) is 3.57 Å². The van der Waals surface area contributed by atoms with Crippen molar-refractivity contribution in [2.75, 3.05) is 13.6 Å². The molecular weight excluding hydrogens is 870 g/mol. The van der Waals surface area contributed by atoms with Gasteiger partial charge in [-0.2, -0.15) is 0 Å². The fraction of sp³-hybridized carbons (Fsp3) is 0.325. The van der Waals surface area contributed by atoms with E-state index >= 15 is 0 Å². The second-order valence-corrected chi connectivity index (χ2v) is 16.5. The van der Waals surface area contributed by atoms with Crippen LogP contribution in [-0.2, 0) is 0 Å². The minimum absolute atomic E-state index is 0.103. The van der Waals surface area contributed by atoms with Gasteiger partial charge in [-0.1, -0.05) is 59.5 Å². The van der Waals surface area contributed by atoms with Crippen LogP contribution in [0.4, 0.5) is 0 Å². The Hall–Kier alpha value is -2.21. The zero-order chi connectivity index (χ0) is 35.4. The van der Waals surface area contributed by atoms with Gasteiger partial charge in [0.1, 0.15) is 0 Å². The van der Waals surface area contributed by atoms with Gasteiger partial charge in [0.05, 0.1) is 6.20 Å². The van der Waals surface area contributed by atoms with E-state index in [-0.39, 0.29) is 21.2 Å². The molecule has 0 aliphatic rings. The highest BCUT2D eigenvalue weighted by atomic mass is 127. The van der Waals surface area contributed by atoms with Crippen LogP contribution in [0.2, 0.25) is 0 Å². The highest BCUT2D eigenvalue weighted by Crippen LogP contribution is 2.08. The van der Waals surface area contributed by atoms with E-state index in [1.54, 1.807) is 9.77 Å². The van der Waals surface area contributed by atoms with Crippen LogP contribution in [0.5, 0.6) is 0 Å². The Bertz CT molecular complexity index is 1430. The number of halogens is 3. The van der Waals surface area contributed by atoms with Crippen molar-refractivity contribution in [3.63, 3.8) is 0 Å². The minimum Gasteiger partial charge on any atom is -0.320 e. The topological polar surface area (TPSA) is 50.7 Å². The molecule has 3 heterocycles. The molecule has 0 spiro atoms. The van der Waals surface area contributed by atoms with E-state index in [1.807, 2.05) is 64.5 Å². The second-order valence-electron chi connectivity index (χ2n) is 11.4. The summed E-state index contributed by atoms with van der Waals surface area (Å²) in [7, 11) is 1.96. The molecule has 0 bridgehead atoms. The van der Waals surface area contributed by atoms with Crippen molar-refractivity contribution < 1.29 is 21.2 Å². The Morgan fingerprint density at radius 1 is 0.617 bits per heavy atom. The van der Waals surface area contributed by atoms with E-state index in [1.165, 1.54) is 46.9 Å². The van der Waals surface area contributed by atoms with Crippen molar-refractivity contribution in [3.05, 3.63) is 151 Å². The molecule has 0 unspecified atom stereocenters. The van der Waals surface area contributed by atoms with E-state index in [9.17, 15) is 0 Å². The Labute approximate surface area is 317 Å². The molecule has 2 aromatic carbocycles. The monoisotopic (exact) mass is 921 g/mol. The number of hydrogen-bond donors (Lipinski definition) is 1. The third-order valence-electron chi connectivity index (χ3n) is 6.28. The van der Waals surface area contributed by atoms with Crippen LogP contribution in [0.15, 0.2) is 89.8 Å². The minimum atomic E-state index is -0.103. The van der Waals surface area contributed by atoms with Crippen molar-refractivity contribution >= 4 is 38.5 Å². The summed E-state index contributed by atoms with van der Waals surface area (Å²) >= 11 is 5.41. The molecule has 1 N–H and O–H groups in total. The van der Waals surface area contributed by atoms with Crippen LogP contribution in [-0.4, -0.2) is 28.5 Å². The molecule has 3 aromatic heterocycles. The van der Waals surface area contributed by atoms with Crippen molar-refractivity contribution in [2.24, 2.45) is 0 Å². The summed E-state index contributed by atoms with van der Waals surface area (Å²) in [5.41, 5.74) is 11.5. The molecule has 0 atom stereocenters. The number of benzene rings is 2. The van der Waals surface area contributed by atoms with E-state index in [4.69, 9.17) is 0 Å². The van der Waals surface area contributed by atoms with E-state index < -0.39 is 0 Å². The normalized spacial score (nSPS) is 9.72. The quantitative estimate of drug-likeness (QED) is 0.187. The SMILES string of the molecule is CCCNC.Cc1cc(C)c([I+]c2ccc(C)nc2)c(C)c1.Cc1cc(C)cc(C)c1.Cc1ccc(Br)cn1.Cc1ccc(I)cn1. The number of aromatic nitrogens is 3. The summed E-state index contributed by atoms with van der Waals surface area (Å²) in [4.78, 5) is 12.5. The standard InChI is InChI=1S/C15H17IN.C9H12.C6H6BrN.C6H6IN.C4H11N/c1-10-7-11(2)15(12(3)8-10)16-14-6-5-13(4)17-9-14;1-7-4-8(2)6-9(3)5-7;2*1-5-2-3-6(7)4-8-5;1-3-4-5-2/h5-9H,1-4H3;4-6H,1-3H3;2*2-4H,1H3;5H,3-4H2,1-2H3/q+1;;;;. The highest BCUT2D eigenvalue weighted by molar-refractivity contribution is 14.1. The van der Waals surface area contributed by atoms with Gasteiger partial charge in [0, 0.05) is 48.6 Å². The first kappa shape index (κ1) is 42.8.